The van der Waals surface area contributed by atoms with E-state index in [1.54, 1.807) is 55.4 Å². The first kappa shape index (κ1) is 46.3. The molecule has 4 fully saturated rings. The third kappa shape index (κ3) is 9.55. The summed E-state index contributed by atoms with van der Waals surface area (Å²) in [6.45, 7) is 18.3. The van der Waals surface area contributed by atoms with Crippen LogP contribution in [0.5, 0.6) is 0 Å². The Kier molecular flexibility index (Phi) is 13.4. The van der Waals surface area contributed by atoms with Gasteiger partial charge in [0.2, 0.25) is 0 Å². The average molecular weight is 851 g/mol. The number of hydrogen-bond acceptors (Lipinski definition) is 16. The van der Waals surface area contributed by atoms with Gasteiger partial charge in [0.05, 0.1) is 36.4 Å². The molecule has 4 saturated heterocycles. The van der Waals surface area contributed by atoms with Gasteiger partial charge in [-0.1, -0.05) is 62.5 Å². The van der Waals surface area contributed by atoms with E-state index in [9.17, 15) is 25.5 Å². The molecule has 16 nitrogen and oxygen atoms in total. The van der Waals surface area contributed by atoms with Crippen LogP contribution in [0.1, 0.15) is 82.1 Å². The van der Waals surface area contributed by atoms with Crippen molar-refractivity contribution in [1.82, 2.24) is 9.80 Å². The van der Waals surface area contributed by atoms with Gasteiger partial charge in [-0.05, 0) is 68.2 Å². The van der Waals surface area contributed by atoms with Gasteiger partial charge in [0.15, 0.2) is 23.1 Å². The van der Waals surface area contributed by atoms with Crippen LogP contribution in [-0.2, 0) is 37.9 Å². The first-order valence-electron chi connectivity index (χ1n) is 21.8. The van der Waals surface area contributed by atoms with E-state index in [-0.39, 0.29) is 19.2 Å². The topological polar surface area (TPSA) is 202 Å². The standard InChI is InChI=1S/C39H58N2O13.C5H12O/c1-36(2)47-24-13-9-20(28(43)32(24)51-36)40(21-10-14-25-33(29(21)44)52-37(3,4)48-25)17-19(42)18-41(22-11-15-26-34(30(22)45)53-38(5,6)49-26)23-12-16-27-35(31(23)46)54-39(7,8)50-27;1-3-5(6)4-2/h9-16,19-35,42-46H,17-18H2,1-8H3;5-6H,3-4H2,1-2H3/t20-,21-,22-,23-,24+,25+,26+,27+,28+,29+,30+,31+,32+,33+,34+,35+;/m0./s1. The van der Waals surface area contributed by atoms with Gasteiger partial charge in [0, 0.05) is 13.1 Å². The predicted molar refractivity (Wildman–Crippen MR) is 217 cm³/mol. The van der Waals surface area contributed by atoms with Crippen LogP contribution in [-0.4, -0.2) is 186 Å². The van der Waals surface area contributed by atoms with Crippen LogP contribution < -0.4 is 0 Å². The summed E-state index contributed by atoms with van der Waals surface area (Å²) in [6, 6.07) is -2.82. The van der Waals surface area contributed by atoms with E-state index >= 15 is 0 Å². The Balaban J connectivity index is 0.000000846. The monoisotopic (exact) mass is 850 g/mol. The van der Waals surface area contributed by atoms with Crippen LogP contribution in [0, 0.1) is 0 Å². The molecular weight excluding hydrogens is 780 g/mol. The van der Waals surface area contributed by atoms with Gasteiger partial charge in [0.1, 0.15) is 73.2 Å². The van der Waals surface area contributed by atoms with Gasteiger partial charge < -0.3 is 68.5 Å². The van der Waals surface area contributed by atoms with Crippen molar-refractivity contribution in [2.24, 2.45) is 0 Å². The quantitative estimate of drug-likeness (QED) is 0.172. The summed E-state index contributed by atoms with van der Waals surface area (Å²) in [6.07, 6.45) is 6.42. The molecule has 4 aliphatic heterocycles. The highest BCUT2D eigenvalue weighted by molar-refractivity contribution is 5.22. The molecule has 0 aromatic carbocycles. The van der Waals surface area contributed by atoms with Crippen molar-refractivity contribution in [3.8, 4) is 0 Å². The smallest absolute Gasteiger partial charge is 0.164 e. The average Bonchev–Trinajstić information content (AvgIpc) is 3.88. The zero-order valence-corrected chi connectivity index (χ0v) is 36.7. The Hall–Kier alpha value is -1.68. The van der Waals surface area contributed by atoms with E-state index in [4.69, 9.17) is 43.0 Å². The van der Waals surface area contributed by atoms with E-state index in [1.807, 2.05) is 72.3 Å². The highest BCUT2D eigenvalue weighted by Gasteiger charge is 2.56. The fourth-order valence-corrected chi connectivity index (χ4v) is 9.99. The Morgan fingerprint density at radius 2 is 0.633 bits per heavy atom. The molecule has 0 bridgehead atoms. The van der Waals surface area contributed by atoms with Crippen LogP contribution in [0.15, 0.2) is 48.6 Å². The number of fused-ring (bicyclic) bond motifs is 4. The first-order chi connectivity index (χ1) is 28.0. The van der Waals surface area contributed by atoms with Gasteiger partial charge >= 0.3 is 0 Å². The van der Waals surface area contributed by atoms with Gasteiger partial charge in [-0.2, -0.15) is 0 Å². The number of hydrogen-bond donors (Lipinski definition) is 6. The van der Waals surface area contributed by atoms with E-state index < -0.39 is 127 Å². The Morgan fingerprint density at radius 3 is 0.833 bits per heavy atom. The highest BCUT2D eigenvalue weighted by atomic mass is 16.8. The molecule has 0 aromatic heterocycles. The minimum Gasteiger partial charge on any atom is -0.393 e. The van der Waals surface area contributed by atoms with Crippen molar-refractivity contribution in [2.45, 2.75) is 215 Å². The molecule has 0 unspecified atom stereocenters. The molecule has 16 heteroatoms. The van der Waals surface area contributed by atoms with Crippen molar-refractivity contribution in [2.75, 3.05) is 13.1 Å². The maximum Gasteiger partial charge on any atom is 0.164 e. The Labute approximate surface area is 354 Å². The van der Waals surface area contributed by atoms with Crippen molar-refractivity contribution in [3.63, 3.8) is 0 Å². The minimum atomic E-state index is -1.14. The molecule has 0 radical (unpaired) electrons. The second-order valence-corrected chi connectivity index (χ2v) is 19.2. The SMILES string of the molecule is CC1(C)O[C@H]2[C@H](O)[C@@H](N(CC(O)CN([C@H]3C=C[C@H]4OC(C)(C)O[C@H]4[C@@H]3O)[C@H]3C=C[C@H]4OC(C)(C)O[C@H]4[C@@H]3O)[C@H]3C=C[C@H]4OC(C)(C)O[C@H]4[C@@H]3O)C=C[C@H]2O1.CCC(O)CC. The zero-order chi connectivity index (χ0) is 43.7. The molecule has 340 valence electrons. The molecule has 4 heterocycles. The fraction of sp³-hybridized carbons (Fsp3) is 0.818. The molecule has 0 amide bonds. The number of ether oxygens (including phenoxy) is 8. The molecule has 8 aliphatic rings. The maximum absolute atomic E-state index is 12.2. The van der Waals surface area contributed by atoms with E-state index in [0.717, 1.165) is 12.8 Å². The lowest BCUT2D eigenvalue weighted by atomic mass is 9.87. The number of aliphatic hydroxyl groups is 6. The van der Waals surface area contributed by atoms with E-state index in [0.29, 0.717) is 0 Å². The Bertz CT molecular complexity index is 1400. The molecule has 8 rings (SSSR count). The van der Waals surface area contributed by atoms with Crippen molar-refractivity contribution < 1.29 is 68.5 Å². The van der Waals surface area contributed by atoms with Crippen molar-refractivity contribution in [1.29, 1.82) is 0 Å². The van der Waals surface area contributed by atoms with E-state index in [1.165, 1.54) is 0 Å². The third-order valence-electron chi connectivity index (χ3n) is 12.7. The summed E-state index contributed by atoms with van der Waals surface area (Å²) >= 11 is 0. The first-order valence-corrected chi connectivity index (χ1v) is 21.8. The molecule has 4 aliphatic carbocycles. The Morgan fingerprint density at radius 1 is 0.400 bits per heavy atom. The normalized spacial score (nSPS) is 43.9. The zero-order valence-electron chi connectivity index (χ0n) is 36.7. The van der Waals surface area contributed by atoms with Crippen LogP contribution in [0.4, 0.5) is 0 Å². The molecule has 16 atom stereocenters. The second kappa shape index (κ2) is 17.4. The number of aliphatic hydroxyl groups excluding tert-OH is 6. The maximum atomic E-state index is 12.2. The molecular formula is C44H70N2O14. The number of nitrogens with zero attached hydrogens (tertiary/aromatic N) is 2. The molecule has 60 heavy (non-hydrogen) atoms. The number of rotatable bonds is 10. The summed E-state index contributed by atoms with van der Waals surface area (Å²) in [7, 11) is 0. The molecule has 0 aromatic rings. The summed E-state index contributed by atoms with van der Waals surface area (Å²) < 4.78 is 48.7. The van der Waals surface area contributed by atoms with Gasteiger partial charge in [0.25, 0.3) is 0 Å². The summed E-state index contributed by atoms with van der Waals surface area (Å²) in [5, 5.41) is 68.4. The molecule has 0 spiro atoms. The molecule has 6 N–H and O–H groups in total. The van der Waals surface area contributed by atoms with E-state index in [2.05, 4.69) is 0 Å². The van der Waals surface area contributed by atoms with Gasteiger partial charge in [-0.15, -0.1) is 0 Å². The van der Waals surface area contributed by atoms with Crippen molar-refractivity contribution in [3.05, 3.63) is 48.6 Å². The lowest BCUT2D eigenvalue weighted by Gasteiger charge is -2.48. The van der Waals surface area contributed by atoms with Crippen LogP contribution >= 0.6 is 0 Å². The van der Waals surface area contributed by atoms with Crippen LogP contribution in [0.3, 0.4) is 0 Å². The summed E-state index contributed by atoms with van der Waals surface area (Å²) in [5.74, 6) is -3.64. The van der Waals surface area contributed by atoms with Gasteiger partial charge in [-0.25, -0.2) is 0 Å². The summed E-state index contributed by atoms with van der Waals surface area (Å²) in [5.41, 5.74) is 0. The third-order valence-corrected chi connectivity index (χ3v) is 12.7. The van der Waals surface area contributed by atoms with Gasteiger partial charge in [-0.3, -0.25) is 9.80 Å². The molecule has 0 saturated carbocycles. The van der Waals surface area contributed by atoms with Crippen molar-refractivity contribution >= 4 is 0 Å². The lowest BCUT2D eigenvalue weighted by Crippen LogP contribution is -2.64. The lowest BCUT2D eigenvalue weighted by molar-refractivity contribution is -0.165. The van der Waals surface area contributed by atoms with Crippen LogP contribution in [0.2, 0.25) is 0 Å². The van der Waals surface area contributed by atoms with Crippen LogP contribution in [0.25, 0.3) is 0 Å². The predicted octanol–water partition coefficient (Wildman–Crippen LogP) is 1.40. The summed E-state index contributed by atoms with van der Waals surface area (Å²) in [4.78, 5) is 3.72. The minimum absolute atomic E-state index is 0.0334. The second-order valence-electron chi connectivity index (χ2n) is 19.2. The fourth-order valence-electron chi connectivity index (χ4n) is 9.99. The largest absolute Gasteiger partial charge is 0.393 e. The highest BCUT2D eigenvalue weighted by Crippen LogP contribution is 2.42.